The molecule has 2 fully saturated rings. The minimum absolute atomic E-state index is 0.229. The van der Waals surface area contributed by atoms with E-state index in [1.54, 1.807) is 6.92 Å². The van der Waals surface area contributed by atoms with Crippen LogP contribution in [0.2, 0.25) is 0 Å². The van der Waals surface area contributed by atoms with Gasteiger partial charge in [-0.2, -0.15) is 0 Å². The quantitative estimate of drug-likeness (QED) is 0.865. The fourth-order valence-corrected chi connectivity index (χ4v) is 4.28. The van der Waals surface area contributed by atoms with Gasteiger partial charge in [0.25, 0.3) is 6.43 Å². The Balaban J connectivity index is 1.42. The van der Waals surface area contributed by atoms with Crippen LogP contribution >= 0.6 is 0 Å². The Kier molecular flexibility index (Phi) is 4.76. The van der Waals surface area contributed by atoms with Gasteiger partial charge in [0.15, 0.2) is 0 Å². The standard InChI is InChI=1S/C20H27F2N3/c1-13(20(21)22)24-16-6-8-17(9-7-16)25-12-15-3-2-10-23-18(15)11-19(25)14-4-5-14/h2-3,10-11,13-14,16-17,20,24H,4-9,12H2,1H3. The number of alkyl halides is 2. The third-order valence-corrected chi connectivity index (χ3v) is 5.89. The van der Waals surface area contributed by atoms with E-state index in [0.717, 1.165) is 37.9 Å². The first-order valence-electron chi connectivity index (χ1n) is 9.58. The summed E-state index contributed by atoms with van der Waals surface area (Å²) in [6.07, 6.45) is 8.57. The van der Waals surface area contributed by atoms with E-state index < -0.39 is 12.5 Å². The zero-order valence-corrected chi connectivity index (χ0v) is 14.8. The summed E-state index contributed by atoms with van der Waals surface area (Å²) >= 11 is 0. The van der Waals surface area contributed by atoms with E-state index in [1.807, 2.05) is 12.3 Å². The molecule has 136 valence electrons. The number of allylic oxidation sites excluding steroid dienone is 1. The Hall–Kier alpha value is -1.49. The number of pyridine rings is 1. The molecule has 1 aliphatic heterocycles. The van der Waals surface area contributed by atoms with Crippen LogP contribution in [-0.4, -0.2) is 34.4 Å². The maximum atomic E-state index is 12.8. The van der Waals surface area contributed by atoms with Crippen molar-refractivity contribution in [1.29, 1.82) is 0 Å². The van der Waals surface area contributed by atoms with Gasteiger partial charge < -0.3 is 10.2 Å². The van der Waals surface area contributed by atoms with E-state index in [9.17, 15) is 8.78 Å². The molecule has 0 radical (unpaired) electrons. The van der Waals surface area contributed by atoms with Crippen LogP contribution in [0, 0.1) is 5.92 Å². The average Bonchev–Trinajstić information content (AvgIpc) is 3.46. The molecule has 1 aromatic heterocycles. The fourth-order valence-electron chi connectivity index (χ4n) is 4.28. The molecule has 4 rings (SSSR count). The molecule has 0 aromatic carbocycles. The molecule has 3 nitrogen and oxygen atoms in total. The van der Waals surface area contributed by atoms with Gasteiger partial charge in [-0.05, 0) is 69.1 Å². The summed E-state index contributed by atoms with van der Waals surface area (Å²) in [5.74, 6) is 0.699. The van der Waals surface area contributed by atoms with Crippen molar-refractivity contribution in [3.05, 3.63) is 35.3 Å². The van der Waals surface area contributed by atoms with Crippen molar-refractivity contribution in [2.45, 2.75) is 76.5 Å². The van der Waals surface area contributed by atoms with Crippen LogP contribution in [-0.2, 0) is 6.54 Å². The molecule has 1 unspecified atom stereocenters. The highest BCUT2D eigenvalue weighted by atomic mass is 19.3. The maximum absolute atomic E-state index is 12.8. The Bertz CT molecular complexity index is 634. The van der Waals surface area contributed by atoms with Gasteiger partial charge in [0.1, 0.15) is 0 Å². The second-order valence-electron chi connectivity index (χ2n) is 7.81. The lowest BCUT2D eigenvalue weighted by molar-refractivity contribution is 0.0900. The molecule has 1 N–H and O–H groups in total. The lowest BCUT2D eigenvalue weighted by atomic mass is 9.88. The lowest BCUT2D eigenvalue weighted by Gasteiger charge is -2.42. The number of aromatic nitrogens is 1. The number of rotatable bonds is 5. The van der Waals surface area contributed by atoms with Crippen molar-refractivity contribution >= 4 is 6.08 Å². The van der Waals surface area contributed by atoms with Gasteiger partial charge in [0.05, 0.1) is 11.7 Å². The molecule has 3 aliphatic rings. The second-order valence-corrected chi connectivity index (χ2v) is 7.81. The smallest absolute Gasteiger partial charge is 0.253 e. The van der Waals surface area contributed by atoms with E-state index in [-0.39, 0.29) is 6.04 Å². The fraction of sp³-hybridized carbons (Fsp3) is 0.650. The molecule has 5 heteroatoms. The van der Waals surface area contributed by atoms with Crippen LogP contribution < -0.4 is 5.32 Å². The van der Waals surface area contributed by atoms with E-state index in [1.165, 1.54) is 24.1 Å². The predicted molar refractivity (Wildman–Crippen MR) is 95.1 cm³/mol. The number of fused-ring (bicyclic) bond motifs is 1. The molecule has 1 aromatic rings. The summed E-state index contributed by atoms with van der Waals surface area (Å²) in [6, 6.07) is 4.23. The molecule has 1 atom stereocenters. The minimum atomic E-state index is -2.28. The predicted octanol–water partition coefficient (Wildman–Crippen LogP) is 4.20. The zero-order valence-electron chi connectivity index (χ0n) is 14.8. The summed E-state index contributed by atoms with van der Waals surface area (Å²) < 4.78 is 25.5. The number of nitrogens with one attached hydrogen (secondary N) is 1. The zero-order chi connectivity index (χ0) is 17.4. The maximum Gasteiger partial charge on any atom is 0.253 e. The van der Waals surface area contributed by atoms with Gasteiger partial charge in [-0.3, -0.25) is 4.98 Å². The van der Waals surface area contributed by atoms with Crippen LogP contribution in [0.5, 0.6) is 0 Å². The van der Waals surface area contributed by atoms with Crippen molar-refractivity contribution in [2.75, 3.05) is 0 Å². The van der Waals surface area contributed by atoms with E-state index in [2.05, 4.69) is 27.3 Å². The summed E-state index contributed by atoms with van der Waals surface area (Å²) in [7, 11) is 0. The lowest BCUT2D eigenvalue weighted by Crippen LogP contribution is -2.46. The molecule has 2 heterocycles. The summed E-state index contributed by atoms with van der Waals surface area (Å²) in [5.41, 5.74) is 3.89. The van der Waals surface area contributed by atoms with Crippen molar-refractivity contribution < 1.29 is 8.78 Å². The van der Waals surface area contributed by atoms with E-state index in [0.29, 0.717) is 12.0 Å². The monoisotopic (exact) mass is 347 g/mol. The average molecular weight is 347 g/mol. The van der Waals surface area contributed by atoms with Crippen LogP contribution in [0.3, 0.4) is 0 Å². The van der Waals surface area contributed by atoms with Crippen molar-refractivity contribution in [3.63, 3.8) is 0 Å². The van der Waals surface area contributed by atoms with Crippen molar-refractivity contribution in [1.82, 2.24) is 15.2 Å². The molecule has 2 saturated carbocycles. The molecule has 2 aliphatic carbocycles. The third-order valence-electron chi connectivity index (χ3n) is 5.89. The first kappa shape index (κ1) is 17.0. The van der Waals surface area contributed by atoms with Gasteiger partial charge in [-0.1, -0.05) is 6.07 Å². The Morgan fingerprint density at radius 2 is 1.92 bits per heavy atom. The van der Waals surface area contributed by atoms with Crippen molar-refractivity contribution in [3.8, 4) is 0 Å². The molecular formula is C20H27F2N3. The van der Waals surface area contributed by atoms with Crippen LogP contribution in [0.4, 0.5) is 8.78 Å². The first-order valence-corrected chi connectivity index (χ1v) is 9.58. The highest BCUT2D eigenvalue weighted by molar-refractivity contribution is 5.56. The molecular weight excluding hydrogens is 320 g/mol. The van der Waals surface area contributed by atoms with Crippen LogP contribution in [0.25, 0.3) is 6.08 Å². The molecule has 0 saturated heterocycles. The van der Waals surface area contributed by atoms with Crippen LogP contribution in [0.1, 0.15) is 56.7 Å². The number of halogens is 2. The third kappa shape index (κ3) is 3.71. The topological polar surface area (TPSA) is 28.2 Å². The molecule has 0 bridgehead atoms. The highest BCUT2D eigenvalue weighted by Crippen LogP contribution is 2.44. The Labute approximate surface area is 148 Å². The normalized spacial score (nSPS) is 27.8. The number of hydrogen-bond acceptors (Lipinski definition) is 3. The van der Waals surface area contributed by atoms with Gasteiger partial charge in [-0.15, -0.1) is 0 Å². The second kappa shape index (κ2) is 7.02. The first-order chi connectivity index (χ1) is 12.1. The largest absolute Gasteiger partial charge is 0.367 e. The summed E-state index contributed by atoms with van der Waals surface area (Å²) in [6.45, 7) is 2.53. The van der Waals surface area contributed by atoms with Crippen LogP contribution in [0.15, 0.2) is 24.0 Å². The summed E-state index contributed by atoms with van der Waals surface area (Å²) in [4.78, 5) is 7.13. The van der Waals surface area contributed by atoms with Gasteiger partial charge in [-0.25, -0.2) is 8.78 Å². The number of hydrogen-bond donors (Lipinski definition) is 1. The van der Waals surface area contributed by atoms with E-state index >= 15 is 0 Å². The molecule has 25 heavy (non-hydrogen) atoms. The van der Waals surface area contributed by atoms with Crippen molar-refractivity contribution in [2.24, 2.45) is 5.92 Å². The van der Waals surface area contributed by atoms with Gasteiger partial charge in [0, 0.05) is 30.5 Å². The Morgan fingerprint density at radius 3 is 2.60 bits per heavy atom. The van der Waals surface area contributed by atoms with Gasteiger partial charge in [0.2, 0.25) is 0 Å². The Morgan fingerprint density at radius 1 is 1.16 bits per heavy atom. The number of nitrogens with zero attached hydrogens (tertiary/aromatic N) is 2. The minimum Gasteiger partial charge on any atom is -0.367 e. The van der Waals surface area contributed by atoms with Gasteiger partial charge >= 0.3 is 0 Å². The summed E-state index contributed by atoms with van der Waals surface area (Å²) in [5, 5.41) is 3.11. The SMILES string of the molecule is CC(NC1CCC(N2Cc3cccnc3C=C2C2CC2)CC1)C(F)F. The highest BCUT2D eigenvalue weighted by Gasteiger charge is 2.36. The molecule has 0 amide bonds. The van der Waals surface area contributed by atoms with E-state index in [4.69, 9.17) is 0 Å². The molecule has 0 spiro atoms.